The van der Waals surface area contributed by atoms with Gasteiger partial charge in [-0.15, -0.1) is 0 Å². The van der Waals surface area contributed by atoms with Crippen LogP contribution in [0.1, 0.15) is 310 Å². The van der Waals surface area contributed by atoms with Crippen LogP contribution in [0.3, 0.4) is 0 Å². The Morgan fingerprint density at radius 3 is 0.803 bits per heavy atom. The summed E-state index contributed by atoms with van der Waals surface area (Å²) in [5.74, 6) is -0.0214. The fraction of sp³-hybridized carbons (Fsp3) is 0.945. The Labute approximate surface area is 380 Å². The maximum atomic E-state index is 12.8. The van der Waals surface area contributed by atoms with E-state index >= 15 is 0 Å². The Hall–Kier alpha value is -1.59. The van der Waals surface area contributed by atoms with E-state index in [4.69, 9.17) is 14.2 Å². The first-order valence-corrected chi connectivity index (χ1v) is 27.4. The molecule has 0 unspecified atom stereocenters. The van der Waals surface area contributed by atoms with E-state index in [1.807, 2.05) is 0 Å². The highest BCUT2D eigenvalue weighted by molar-refractivity contribution is 5.71. The number of carbonyl (C=O) groups is 3. The van der Waals surface area contributed by atoms with Crippen molar-refractivity contribution >= 4 is 17.9 Å². The molecule has 0 fully saturated rings. The fourth-order valence-corrected chi connectivity index (χ4v) is 8.39. The van der Waals surface area contributed by atoms with Crippen molar-refractivity contribution in [1.82, 2.24) is 0 Å². The molecule has 0 saturated carbocycles. The van der Waals surface area contributed by atoms with Crippen molar-refractivity contribution in [1.29, 1.82) is 0 Å². The van der Waals surface area contributed by atoms with Crippen LogP contribution in [-0.4, -0.2) is 37.2 Å². The van der Waals surface area contributed by atoms with Gasteiger partial charge < -0.3 is 14.2 Å². The lowest BCUT2D eigenvalue weighted by molar-refractivity contribution is -0.167. The summed E-state index contributed by atoms with van der Waals surface area (Å²) in [6, 6.07) is 0. The number of rotatable bonds is 50. The molecule has 362 valence electrons. The number of hydrogen-bond acceptors (Lipinski definition) is 6. The van der Waals surface area contributed by atoms with E-state index in [0.717, 1.165) is 63.7 Å². The molecular weight excluding hydrogens is 757 g/mol. The Kier molecular flexibility index (Phi) is 48.1. The monoisotopic (exact) mass is 863 g/mol. The quantitative estimate of drug-likeness (QED) is 0.0344. The maximum Gasteiger partial charge on any atom is 0.306 e. The van der Waals surface area contributed by atoms with Gasteiger partial charge in [0.05, 0.1) is 0 Å². The molecule has 0 aromatic heterocycles. The Balaban J connectivity index is 4.30. The van der Waals surface area contributed by atoms with Gasteiger partial charge in [0.25, 0.3) is 0 Å². The Morgan fingerprint density at radius 1 is 0.311 bits per heavy atom. The van der Waals surface area contributed by atoms with Crippen molar-refractivity contribution in [3.63, 3.8) is 0 Å². The molecule has 0 aliphatic rings. The zero-order valence-corrected chi connectivity index (χ0v) is 41.6. The summed E-state index contributed by atoms with van der Waals surface area (Å²) in [6.45, 7) is 9.03. The molecule has 0 aliphatic heterocycles. The van der Waals surface area contributed by atoms with Crippen LogP contribution in [0, 0.1) is 5.92 Å². The summed E-state index contributed by atoms with van der Waals surface area (Å²) in [6.07, 6.45) is 52.3. The number of esters is 3. The van der Waals surface area contributed by atoms with Crippen molar-refractivity contribution in [2.45, 2.75) is 316 Å². The van der Waals surface area contributed by atoms with Gasteiger partial charge in [-0.25, -0.2) is 0 Å². The highest BCUT2D eigenvalue weighted by Crippen LogP contribution is 2.17. The lowest BCUT2D eigenvalue weighted by atomic mass is 10.0. The van der Waals surface area contributed by atoms with E-state index in [-0.39, 0.29) is 31.1 Å². The van der Waals surface area contributed by atoms with Crippen LogP contribution >= 0.6 is 0 Å². The van der Waals surface area contributed by atoms with E-state index in [9.17, 15) is 14.4 Å². The van der Waals surface area contributed by atoms with Crippen LogP contribution in [0.4, 0.5) is 0 Å². The topological polar surface area (TPSA) is 78.9 Å². The van der Waals surface area contributed by atoms with Crippen LogP contribution in [0.5, 0.6) is 0 Å². The van der Waals surface area contributed by atoms with Gasteiger partial charge in [0.15, 0.2) is 6.10 Å². The third-order valence-electron chi connectivity index (χ3n) is 12.5. The SMILES string of the molecule is CCCCCCCCCCCCCCCCCCC(=O)OC[C@@H](COC(=O)CCCCCCCCCCCCC(C)C)OC(=O)CCCCCCCCCCCCCCCC. The molecule has 0 aromatic carbocycles. The summed E-state index contributed by atoms with van der Waals surface area (Å²) in [7, 11) is 0. The summed E-state index contributed by atoms with van der Waals surface area (Å²) >= 11 is 0. The van der Waals surface area contributed by atoms with Gasteiger partial charge in [-0.05, 0) is 25.2 Å². The summed E-state index contributed by atoms with van der Waals surface area (Å²) in [5, 5.41) is 0. The third-order valence-corrected chi connectivity index (χ3v) is 12.5. The predicted octanol–water partition coefficient (Wildman–Crippen LogP) is 17.8. The molecule has 0 spiro atoms. The third kappa shape index (κ3) is 49.3. The molecule has 0 amide bonds. The minimum absolute atomic E-state index is 0.0623. The molecule has 6 nitrogen and oxygen atoms in total. The number of hydrogen-bond donors (Lipinski definition) is 0. The highest BCUT2D eigenvalue weighted by Gasteiger charge is 2.19. The number of unbranched alkanes of at least 4 members (excludes halogenated alkanes) is 37. The molecule has 0 saturated heterocycles. The minimum Gasteiger partial charge on any atom is -0.462 e. The lowest BCUT2D eigenvalue weighted by Gasteiger charge is -2.18. The van der Waals surface area contributed by atoms with Gasteiger partial charge in [-0.2, -0.15) is 0 Å². The lowest BCUT2D eigenvalue weighted by Crippen LogP contribution is -2.30. The van der Waals surface area contributed by atoms with Crippen molar-refractivity contribution in [3.8, 4) is 0 Å². The van der Waals surface area contributed by atoms with E-state index in [2.05, 4.69) is 27.7 Å². The van der Waals surface area contributed by atoms with Crippen molar-refractivity contribution < 1.29 is 28.6 Å². The van der Waals surface area contributed by atoms with Gasteiger partial charge in [0.1, 0.15) is 13.2 Å². The van der Waals surface area contributed by atoms with Crippen molar-refractivity contribution in [2.24, 2.45) is 5.92 Å². The summed E-state index contributed by atoms with van der Waals surface area (Å²) in [5.41, 5.74) is 0. The predicted molar refractivity (Wildman–Crippen MR) is 261 cm³/mol. The second kappa shape index (κ2) is 49.4. The second-order valence-electron chi connectivity index (χ2n) is 19.3. The summed E-state index contributed by atoms with van der Waals surface area (Å²) < 4.78 is 16.8. The van der Waals surface area contributed by atoms with Crippen LogP contribution in [0.2, 0.25) is 0 Å². The van der Waals surface area contributed by atoms with Crippen LogP contribution in [0.25, 0.3) is 0 Å². The second-order valence-corrected chi connectivity index (χ2v) is 19.3. The van der Waals surface area contributed by atoms with Crippen molar-refractivity contribution in [2.75, 3.05) is 13.2 Å². The zero-order valence-electron chi connectivity index (χ0n) is 41.6. The standard InChI is InChI=1S/C55H106O6/c1-5-7-9-11-13-15-17-19-21-22-24-25-30-34-38-42-46-53(56)59-49-52(50-60-54(57)47-43-39-35-31-28-27-29-33-37-41-45-51(3)4)61-55(58)48-44-40-36-32-26-23-20-18-16-14-12-10-8-6-2/h51-52H,5-50H2,1-4H3/t52-/m0/s1. The number of ether oxygens (including phenoxy) is 3. The molecular formula is C55H106O6. The first-order valence-electron chi connectivity index (χ1n) is 27.4. The first-order chi connectivity index (χ1) is 29.9. The average Bonchev–Trinajstić information content (AvgIpc) is 3.24. The molecule has 1 atom stereocenters. The van der Waals surface area contributed by atoms with E-state index in [1.54, 1.807) is 0 Å². The normalized spacial score (nSPS) is 12.0. The van der Waals surface area contributed by atoms with Gasteiger partial charge in [-0.3, -0.25) is 14.4 Å². The van der Waals surface area contributed by atoms with Gasteiger partial charge >= 0.3 is 17.9 Å². The molecule has 0 aromatic rings. The highest BCUT2D eigenvalue weighted by atomic mass is 16.6. The van der Waals surface area contributed by atoms with E-state index in [0.29, 0.717) is 19.3 Å². The molecule has 6 heteroatoms. The zero-order chi connectivity index (χ0) is 44.5. The fourth-order valence-electron chi connectivity index (χ4n) is 8.39. The van der Waals surface area contributed by atoms with E-state index in [1.165, 1.54) is 205 Å². The Morgan fingerprint density at radius 2 is 0.541 bits per heavy atom. The van der Waals surface area contributed by atoms with Gasteiger partial charge in [-0.1, -0.05) is 272 Å². The van der Waals surface area contributed by atoms with Crippen LogP contribution in [-0.2, 0) is 28.6 Å². The van der Waals surface area contributed by atoms with Gasteiger partial charge in [0, 0.05) is 19.3 Å². The van der Waals surface area contributed by atoms with Crippen LogP contribution < -0.4 is 0 Å². The molecule has 61 heavy (non-hydrogen) atoms. The maximum absolute atomic E-state index is 12.8. The van der Waals surface area contributed by atoms with Crippen molar-refractivity contribution in [3.05, 3.63) is 0 Å². The summed E-state index contributed by atoms with van der Waals surface area (Å²) in [4.78, 5) is 38.0. The van der Waals surface area contributed by atoms with Crippen LogP contribution in [0.15, 0.2) is 0 Å². The minimum atomic E-state index is -0.761. The molecule has 0 aliphatic carbocycles. The largest absolute Gasteiger partial charge is 0.462 e. The van der Waals surface area contributed by atoms with Gasteiger partial charge in [0.2, 0.25) is 0 Å². The Bertz CT molecular complexity index is 918. The molecule has 0 rings (SSSR count). The van der Waals surface area contributed by atoms with E-state index < -0.39 is 6.10 Å². The number of carbonyl (C=O) groups excluding carboxylic acids is 3. The molecule has 0 heterocycles. The molecule has 0 N–H and O–H groups in total. The molecule has 0 bridgehead atoms. The first kappa shape index (κ1) is 59.4. The smallest absolute Gasteiger partial charge is 0.306 e. The average molecular weight is 863 g/mol. The molecule has 0 radical (unpaired) electrons.